The van der Waals surface area contributed by atoms with Gasteiger partial charge in [0.15, 0.2) is 0 Å². The van der Waals surface area contributed by atoms with Crippen LogP contribution in [0.5, 0.6) is 0 Å². The van der Waals surface area contributed by atoms with E-state index in [1.54, 1.807) is 12.1 Å². The van der Waals surface area contributed by atoms with Crippen molar-refractivity contribution in [1.82, 2.24) is 9.29 Å². The van der Waals surface area contributed by atoms with Crippen LogP contribution in [-0.4, -0.2) is 43.9 Å². The third kappa shape index (κ3) is 3.27. The molecule has 0 amide bonds. The topological polar surface area (TPSA) is 102 Å². The van der Waals surface area contributed by atoms with Gasteiger partial charge in [0.2, 0.25) is 10.0 Å². The largest absolute Gasteiger partial charge is 0.367 e. The first-order valence-corrected chi connectivity index (χ1v) is 12.1. The van der Waals surface area contributed by atoms with E-state index in [0.717, 1.165) is 11.4 Å². The molecule has 0 spiro atoms. The number of fused-ring (bicyclic) bond motifs is 2. The number of sulfonamides is 1. The molecule has 5 rings (SSSR count). The maximum absolute atomic E-state index is 14.3. The number of piperazine rings is 1. The number of rotatable bonds is 3. The van der Waals surface area contributed by atoms with Crippen molar-refractivity contribution < 1.29 is 12.8 Å². The van der Waals surface area contributed by atoms with Gasteiger partial charge in [-0.1, -0.05) is 17.7 Å². The molecule has 1 fully saturated rings. The molecule has 162 valence electrons. The van der Waals surface area contributed by atoms with Crippen LogP contribution in [0, 0.1) is 17.1 Å². The second kappa shape index (κ2) is 7.90. The van der Waals surface area contributed by atoms with Crippen LogP contribution >= 0.6 is 11.6 Å². The fourth-order valence-corrected chi connectivity index (χ4v) is 6.33. The van der Waals surface area contributed by atoms with E-state index in [2.05, 4.69) is 19.8 Å². The molecular weight excluding hydrogens is 475 g/mol. The van der Waals surface area contributed by atoms with Gasteiger partial charge in [0, 0.05) is 37.8 Å². The van der Waals surface area contributed by atoms with E-state index < -0.39 is 15.8 Å². The molecule has 1 saturated heterocycles. The Kier molecular flexibility index (Phi) is 5.17. The molecular formula is C20H14ClFN6O2S2. The quantitative estimate of drug-likeness (QED) is 0.431. The third-order valence-corrected chi connectivity index (χ3v) is 8.22. The van der Waals surface area contributed by atoms with E-state index in [-0.39, 0.29) is 34.1 Å². The van der Waals surface area contributed by atoms with E-state index in [4.69, 9.17) is 11.6 Å². The van der Waals surface area contributed by atoms with Crippen molar-refractivity contribution in [3.8, 4) is 6.07 Å². The van der Waals surface area contributed by atoms with E-state index in [1.165, 1.54) is 28.7 Å². The lowest BCUT2D eigenvalue weighted by Crippen LogP contribution is -2.49. The number of hydrogen-bond donors (Lipinski definition) is 0. The zero-order chi connectivity index (χ0) is 22.5. The van der Waals surface area contributed by atoms with E-state index in [0.29, 0.717) is 35.5 Å². The minimum atomic E-state index is -3.79. The first-order valence-electron chi connectivity index (χ1n) is 9.55. The number of nitrogens with zero attached hydrogens (tertiary/aromatic N) is 6. The summed E-state index contributed by atoms with van der Waals surface area (Å²) < 4.78 is 50.5. The van der Waals surface area contributed by atoms with Gasteiger partial charge in [0.25, 0.3) is 0 Å². The van der Waals surface area contributed by atoms with Crippen molar-refractivity contribution in [2.45, 2.75) is 4.90 Å². The van der Waals surface area contributed by atoms with E-state index in [1.807, 2.05) is 4.90 Å². The second-order valence-electron chi connectivity index (χ2n) is 7.16. The van der Waals surface area contributed by atoms with E-state index >= 15 is 0 Å². The molecule has 0 N–H and O–H groups in total. The molecule has 2 aliphatic heterocycles. The number of pyridine rings is 1. The number of nitriles is 1. The highest BCUT2D eigenvalue weighted by molar-refractivity contribution is 7.89. The Hall–Kier alpha value is -2.91. The molecule has 0 bridgehead atoms. The van der Waals surface area contributed by atoms with Gasteiger partial charge in [-0.2, -0.15) is 18.3 Å². The van der Waals surface area contributed by atoms with Gasteiger partial charge in [-0.25, -0.2) is 12.8 Å². The Morgan fingerprint density at radius 3 is 2.66 bits per heavy atom. The summed E-state index contributed by atoms with van der Waals surface area (Å²) in [7, 11) is -3.79. The highest BCUT2D eigenvalue weighted by atomic mass is 35.5. The molecule has 0 unspecified atom stereocenters. The summed E-state index contributed by atoms with van der Waals surface area (Å²) >= 11 is 7.31. The highest BCUT2D eigenvalue weighted by Gasteiger charge is 2.33. The van der Waals surface area contributed by atoms with Crippen LogP contribution in [0.4, 0.5) is 21.5 Å². The van der Waals surface area contributed by atoms with Gasteiger partial charge < -0.3 is 4.90 Å². The first kappa shape index (κ1) is 21.0. The van der Waals surface area contributed by atoms with E-state index in [9.17, 15) is 18.1 Å². The van der Waals surface area contributed by atoms with Crippen molar-refractivity contribution in [3.63, 3.8) is 0 Å². The Morgan fingerprint density at radius 1 is 1.12 bits per heavy atom. The summed E-state index contributed by atoms with van der Waals surface area (Å²) in [6, 6.07) is 9.63. The molecule has 2 aliphatic rings. The standard InChI is InChI=1S/C20H14ClFN6O2S2/c21-13-4-5-14(22)18-17(13)20(12(10-23)11-24-18)27-6-8-28(9-7-27)32(29,30)16-3-1-2-15-19(16)26-31-25-15/h1-5,11H,6-9H2. The highest BCUT2D eigenvalue weighted by Crippen LogP contribution is 2.40. The van der Waals surface area contributed by atoms with Crippen LogP contribution in [-0.2, 0) is 21.4 Å². The van der Waals surface area contributed by atoms with Gasteiger partial charge >= 0.3 is 0 Å². The Bertz CT molecular complexity index is 1490. The van der Waals surface area contributed by atoms with Gasteiger partial charge in [0.05, 0.1) is 27.6 Å². The fourth-order valence-electron chi connectivity index (χ4n) is 3.91. The average Bonchev–Trinajstić information content (AvgIpc) is 3.29. The Morgan fingerprint density at radius 2 is 1.91 bits per heavy atom. The van der Waals surface area contributed by atoms with Gasteiger partial charge in [-0.3, -0.25) is 4.98 Å². The molecule has 0 radical (unpaired) electrons. The van der Waals surface area contributed by atoms with Crippen molar-refractivity contribution in [2.75, 3.05) is 31.1 Å². The summed E-state index contributed by atoms with van der Waals surface area (Å²) in [5.74, 6) is -0.540. The van der Waals surface area contributed by atoms with Crippen LogP contribution in [0.15, 0.2) is 50.1 Å². The predicted molar refractivity (Wildman–Crippen MR) is 120 cm³/mol. The smallest absolute Gasteiger partial charge is 0.245 e. The first-order chi connectivity index (χ1) is 15.4. The molecule has 8 nitrogen and oxygen atoms in total. The molecule has 32 heavy (non-hydrogen) atoms. The molecule has 3 heterocycles. The summed E-state index contributed by atoms with van der Waals surface area (Å²) in [4.78, 5) is 6.03. The van der Waals surface area contributed by atoms with Gasteiger partial charge in [-0.15, -0.1) is 0 Å². The lowest BCUT2D eigenvalue weighted by molar-refractivity contribution is 0.385. The molecule has 12 heteroatoms. The van der Waals surface area contributed by atoms with Crippen LogP contribution < -0.4 is 4.90 Å². The number of halogens is 2. The summed E-state index contributed by atoms with van der Waals surface area (Å²) in [5.41, 5.74) is 1.68. The predicted octanol–water partition coefficient (Wildman–Crippen LogP) is 4.14. The Balaban J connectivity index is 1.48. The molecule has 3 aromatic rings. The SMILES string of the molecule is N#Cc1cnc2c(F)ccc(Cl)c2c1N1CCN(S(=O)(=O)c2cccc3c2N=S=N3)CC1. The fraction of sp³-hybridized carbons (Fsp3) is 0.200. The van der Waals surface area contributed by atoms with Crippen LogP contribution in [0.25, 0.3) is 10.9 Å². The Labute approximate surface area is 191 Å². The lowest BCUT2D eigenvalue weighted by Gasteiger charge is -2.36. The summed E-state index contributed by atoms with van der Waals surface area (Å²) in [5, 5.41) is 10.2. The molecule has 2 aromatic carbocycles. The summed E-state index contributed by atoms with van der Waals surface area (Å²) in [6.45, 7) is 0.951. The number of benzene rings is 2. The van der Waals surface area contributed by atoms with Crippen LogP contribution in [0.2, 0.25) is 5.02 Å². The van der Waals surface area contributed by atoms with Crippen molar-refractivity contribution >= 4 is 60.9 Å². The van der Waals surface area contributed by atoms with Crippen LogP contribution in [0.3, 0.4) is 0 Å². The molecule has 0 atom stereocenters. The monoisotopic (exact) mass is 488 g/mol. The maximum atomic E-state index is 14.3. The third-order valence-electron chi connectivity index (χ3n) is 5.43. The number of hydrogen-bond acceptors (Lipinski definition) is 7. The maximum Gasteiger partial charge on any atom is 0.245 e. The zero-order valence-corrected chi connectivity index (χ0v) is 18.8. The minimum absolute atomic E-state index is 0.0734. The molecule has 0 aliphatic carbocycles. The van der Waals surface area contributed by atoms with Gasteiger partial charge in [0.1, 0.15) is 33.7 Å². The normalized spacial score (nSPS) is 16.1. The van der Waals surface area contributed by atoms with Crippen molar-refractivity contribution in [2.24, 2.45) is 8.73 Å². The minimum Gasteiger partial charge on any atom is -0.367 e. The van der Waals surface area contributed by atoms with Crippen molar-refractivity contribution in [3.05, 3.63) is 52.9 Å². The van der Waals surface area contributed by atoms with Crippen LogP contribution in [0.1, 0.15) is 5.56 Å². The average molecular weight is 489 g/mol. The number of aromatic nitrogens is 1. The zero-order valence-electron chi connectivity index (χ0n) is 16.4. The second-order valence-corrected chi connectivity index (χ2v) is 10.0. The molecule has 1 aromatic heterocycles. The lowest BCUT2D eigenvalue weighted by atomic mass is 10.1. The summed E-state index contributed by atoms with van der Waals surface area (Å²) in [6.07, 6.45) is 1.32. The van der Waals surface area contributed by atoms with Gasteiger partial charge in [-0.05, 0) is 24.3 Å². The van der Waals surface area contributed by atoms with Crippen molar-refractivity contribution in [1.29, 1.82) is 5.26 Å². The number of anilines is 1. The molecule has 0 saturated carbocycles.